The number of hydrogen-bond donors (Lipinski definition) is 1. The molecular weight excluding hydrogens is 360 g/mol. The minimum absolute atomic E-state index is 0.0678. The van der Waals surface area contributed by atoms with Gasteiger partial charge < -0.3 is 19.2 Å². The highest BCUT2D eigenvalue weighted by molar-refractivity contribution is 5.93. The average molecular weight is 388 g/mol. The SMILES string of the molecule is COc1ccc(NC(=O)CN2CCC(c3nnc(C(C)C)o3)CC2)c(OC)c1. The third-order valence-corrected chi connectivity index (χ3v) is 4.94. The number of piperidine rings is 1. The summed E-state index contributed by atoms with van der Waals surface area (Å²) in [6.45, 7) is 6.05. The lowest BCUT2D eigenvalue weighted by Crippen LogP contribution is -2.38. The van der Waals surface area contributed by atoms with Crippen LogP contribution in [0.15, 0.2) is 22.6 Å². The normalized spacial score (nSPS) is 15.6. The van der Waals surface area contributed by atoms with Crippen LogP contribution in [0, 0.1) is 0 Å². The average Bonchev–Trinajstić information content (AvgIpc) is 3.19. The molecule has 0 aliphatic carbocycles. The number of benzene rings is 1. The molecule has 1 N–H and O–H groups in total. The molecule has 3 rings (SSSR count). The van der Waals surface area contributed by atoms with Gasteiger partial charge in [0.15, 0.2) is 0 Å². The molecular formula is C20H28N4O4. The highest BCUT2D eigenvalue weighted by Crippen LogP contribution is 2.30. The standard InChI is InChI=1S/C20H28N4O4/c1-13(2)19-22-23-20(28-19)14-7-9-24(10-8-14)12-18(25)21-16-6-5-15(26-3)11-17(16)27-4/h5-6,11,13-14H,7-10,12H2,1-4H3,(H,21,25). The Morgan fingerprint density at radius 3 is 2.61 bits per heavy atom. The molecule has 8 heteroatoms. The van der Waals surface area contributed by atoms with Gasteiger partial charge in [0, 0.05) is 17.9 Å². The minimum Gasteiger partial charge on any atom is -0.497 e. The lowest BCUT2D eigenvalue weighted by molar-refractivity contribution is -0.117. The van der Waals surface area contributed by atoms with Gasteiger partial charge in [-0.2, -0.15) is 0 Å². The molecule has 0 atom stereocenters. The molecule has 2 aromatic rings. The first kappa shape index (κ1) is 20.1. The van der Waals surface area contributed by atoms with E-state index in [1.165, 1.54) is 0 Å². The quantitative estimate of drug-likeness (QED) is 0.780. The summed E-state index contributed by atoms with van der Waals surface area (Å²) in [6.07, 6.45) is 1.80. The summed E-state index contributed by atoms with van der Waals surface area (Å²) in [7, 11) is 3.16. The van der Waals surface area contributed by atoms with Crippen molar-refractivity contribution in [3.05, 3.63) is 30.0 Å². The first-order chi connectivity index (χ1) is 13.5. The molecule has 1 aromatic carbocycles. The van der Waals surface area contributed by atoms with Crippen LogP contribution in [0.5, 0.6) is 11.5 Å². The van der Waals surface area contributed by atoms with Crippen molar-refractivity contribution in [3.63, 3.8) is 0 Å². The Labute approximate surface area is 165 Å². The Balaban J connectivity index is 1.51. The van der Waals surface area contributed by atoms with Gasteiger partial charge in [0.1, 0.15) is 11.5 Å². The van der Waals surface area contributed by atoms with Crippen molar-refractivity contribution < 1.29 is 18.7 Å². The number of anilines is 1. The second-order valence-electron chi connectivity index (χ2n) is 7.30. The number of rotatable bonds is 7. The van der Waals surface area contributed by atoms with Gasteiger partial charge in [-0.05, 0) is 38.1 Å². The van der Waals surface area contributed by atoms with Gasteiger partial charge in [0.25, 0.3) is 0 Å². The zero-order valence-electron chi connectivity index (χ0n) is 16.9. The summed E-state index contributed by atoms with van der Waals surface area (Å²) >= 11 is 0. The van der Waals surface area contributed by atoms with Crippen LogP contribution >= 0.6 is 0 Å². The van der Waals surface area contributed by atoms with Crippen LogP contribution in [0.1, 0.15) is 50.3 Å². The van der Waals surface area contributed by atoms with Crippen molar-refractivity contribution in [1.29, 1.82) is 0 Å². The highest BCUT2D eigenvalue weighted by atomic mass is 16.5. The molecule has 0 spiro atoms. The van der Waals surface area contributed by atoms with Crippen molar-refractivity contribution in [3.8, 4) is 11.5 Å². The molecule has 28 heavy (non-hydrogen) atoms. The number of likely N-dealkylation sites (tertiary alicyclic amines) is 1. The number of hydrogen-bond acceptors (Lipinski definition) is 7. The molecule has 1 saturated heterocycles. The third-order valence-electron chi connectivity index (χ3n) is 4.94. The smallest absolute Gasteiger partial charge is 0.238 e. The predicted octanol–water partition coefficient (Wildman–Crippen LogP) is 3.03. The van der Waals surface area contributed by atoms with Crippen LogP contribution in [0.3, 0.4) is 0 Å². The van der Waals surface area contributed by atoms with Crippen molar-refractivity contribution in [2.24, 2.45) is 0 Å². The summed E-state index contributed by atoms with van der Waals surface area (Å²) in [6, 6.07) is 5.32. The fourth-order valence-electron chi connectivity index (χ4n) is 3.28. The van der Waals surface area contributed by atoms with Crippen molar-refractivity contribution in [2.45, 2.75) is 38.5 Å². The maximum atomic E-state index is 12.5. The first-order valence-electron chi connectivity index (χ1n) is 9.57. The van der Waals surface area contributed by atoms with Crippen LogP contribution < -0.4 is 14.8 Å². The lowest BCUT2D eigenvalue weighted by atomic mass is 9.97. The Morgan fingerprint density at radius 2 is 2.00 bits per heavy atom. The van der Waals surface area contributed by atoms with Crippen molar-refractivity contribution >= 4 is 11.6 Å². The molecule has 8 nitrogen and oxygen atoms in total. The number of methoxy groups -OCH3 is 2. The fourth-order valence-corrected chi connectivity index (χ4v) is 3.28. The van der Waals surface area contributed by atoms with Crippen LogP contribution in [-0.4, -0.2) is 54.9 Å². The fraction of sp³-hybridized carbons (Fsp3) is 0.550. The largest absolute Gasteiger partial charge is 0.497 e. The van der Waals surface area contributed by atoms with Crippen molar-refractivity contribution in [2.75, 3.05) is 39.2 Å². The van der Waals surface area contributed by atoms with Gasteiger partial charge in [0.05, 0.1) is 26.5 Å². The van der Waals surface area contributed by atoms with Crippen LogP contribution in [0.25, 0.3) is 0 Å². The van der Waals surface area contributed by atoms with Crippen LogP contribution in [0.2, 0.25) is 0 Å². The first-order valence-corrected chi connectivity index (χ1v) is 9.57. The molecule has 0 radical (unpaired) electrons. The van der Waals surface area contributed by atoms with E-state index in [0.29, 0.717) is 29.6 Å². The Hall–Kier alpha value is -2.61. The number of nitrogens with zero attached hydrogens (tertiary/aromatic N) is 3. The Morgan fingerprint density at radius 1 is 1.25 bits per heavy atom. The van der Waals surface area contributed by atoms with Crippen LogP contribution in [-0.2, 0) is 4.79 Å². The molecule has 1 aromatic heterocycles. The summed E-state index contributed by atoms with van der Waals surface area (Å²) in [5.41, 5.74) is 0.635. The van der Waals surface area contributed by atoms with Gasteiger partial charge in [-0.15, -0.1) is 10.2 Å². The summed E-state index contributed by atoms with van der Waals surface area (Å²) < 4.78 is 16.3. The summed E-state index contributed by atoms with van der Waals surface area (Å²) in [5, 5.41) is 11.2. The van der Waals surface area contributed by atoms with Gasteiger partial charge >= 0.3 is 0 Å². The molecule has 2 heterocycles. The molecule has 1 aliphatic rings. The topological polar surface area (TPSA) is 89.7 Å². The molecule has 0 bridgehead atoms. The highest BCUT2D eigenvalue weighted by Gasteiger charge is 2.26. The van der Waals surface area contributed by atoms with Gasteiger partial charge in [-0.3, -0.25) is 9.69 Å². The lowest BCUT2D eigenvalue weighted by Gasteiger charge is -2.29. The second kappa shape index (κ2) is 9.05. The predicted molar refractivity (Wildman–Crippen MR) is 105 cm³/mol. The van der Waals surface area contributed by atoms with E-state index in [1.54, 1.807) is 32.4 Å². The number of amides is 1. The Kier molecular flexibility index (Phi) is 6.51. The van der Waals surface area contributed by atoms with Crippen LogP contribution in [0.4, 0.5) is 5.69 Å². The van der Waals surface area contributed by atoms with E-state index >= 15 is 0 Å². The van der Waals surface area contributed by atoms with E-state index in [-0.39, 0.29) is 17.7 Å². The maximum absolute atomic E-state index is 12.5. The number of aromatic nitrogens is 2. The second-order valence-corrected chi connectivity index (χ2v) is 7.30. The molecule has 1 aliphatic heterocycles. The molecule has 1 fully saturated rings. The van der Waals surface area contributed by atoms with E-state index in [4.69, 9.17) is 13.9 Å². The molecule has 152 valence electrons. The molecule has 0 unspecified atom stereocenters. The van der Waals surface area contributed by atoms with E-state index in [0.717, 1.165) is 31.8 Å². The van der Waals surface area contributed by atoms with Crippen molar-refractivity contribution in [1.82, 2.24) is 15.1 Å². The molecule has 0 saturated carbocycles. The number of carbonyl (C=O) groups is 1. The zero-order chi connectivity index (χ0) is 20.1. The number of ether oxygens (including phenoxy) is 2. The monoisotopic (exact) mass is 388 g/mol. The number of carbonyl (C=O) groups excluding carboxylic acids is 1. The molecule has 1 amide bonds. The summed E-state index contributed by atoms with van der Waals surface area (Å²) in [4.78, 5) is 14.6. The van der Waals surface area contributed by atoms with Gasteiger partial charge in [0.2, 0.25) is 17.7 Å². The third kappa shape index (κ3) is 4.81. The van der Waals surface area contributed by atoms with Gasteiger partial charge in [-0.25, -0.2) is 0 Å². The van der Waals surface area contributed by atoms with E-state index in [9.17, 15) is 4.79 Å². The maximum Gasteiger partial charge on any atom is 0.238 e. The van der Waals surface area contributed by atoms with Gasteiger partial charge in [-0.1, -0.05) is 13.8 Å². The van der Waals surface area contributed by atoms with E-state index in [2.05, 4.69) is 20.4 Å². The van der Waals surface area contributed by atoms with E-state index < -0.39 is 0 Å². The minimum atomic E-state index is -0.0678. The number of nitrogens with one attached hydrogen (secondary N) is 1. The Bertz CT molecular complexity index is 797. The summed E-state index contributed by atoms with van der Waals surface area (Å²) in [5.74, 6) is 3.09. The zero-order valence-corrected chi connectivity index (χ0v) is 16.9. The van der Waals surface area contributed by atoms with E-state index in [1.807, 2.05) is 13.8 Å².